The molecule has 0 aliphatic heterocycles. The van der Waals surface area contributed by atoms with Crippen LogP contribution < -0.4 is 10.9 Å². The molecule has 0 fully saturated rings. The Bertz CT molecular complexity index is 724. The highest BCUT2D eigenvalue weighted by molar-refractivity contribution is 5.97. The molecule has 4 nitrogen and oxygen atoms in total. The van der Waals surface area contributed by atoms with Gasteiger partial charge in [0.15, 0.2) is 0 Å². The highest BCUT2D eigenvalue weighted by Gasteiger charge is 2.05. The van der Waals surface area contributed by atoms with Gasteiger partial charge in [-0.05, 0) is 36.3 Å². The van der Waals surface area contributed by atoms with Gasteiger partial charge in [-0.2, -0.15) is 0 Å². The highest BCUT2D eigenvalue weighted by atomic mass is 19.1. The van der Waals surface area contributed by atoms with Crippen molar-refractivity contribution in [1.29, 1.82) is 0 Å². The number of hydrazine groups is 1. The summed E-state index contributed by atoms with van der Waals surface area (Å²) in [4.78, 5) is 23.5. The maximum atomic E-state index is 13.4. The normalized spacial score (nSPS) is 10.5. The average Bonchev–Trinajstić information content (AvgIpc) is 2.59. The van der Waals surface area contributed by atoms with E-state index in [1.54, 1.807) is 30.3 Å². The van der Waals surface area contributed by atoms with E-state index in [1.807, 2.05) is 19.1 Å². The van der Waals surface area contributed by atoms with Gasteiger partial charge in [0.1, 0.15) is 5.82 Å². The minimum absolute atomic E-state index is 0.295. The third-order valence-corrected chi connectivity index (χ3v) is 3.24. The quantitative estimate of drug-likeness (QED) is 0.674. The topological polar surface area (TPSA) is 58.2 Å². The molecule has 2 rings (SSSR count). The summed E-state index contributed by atoms with van der Waals surface area (Å²) in [5.74, 6) is -1.39. The second kappa shape index (κ2) is 7.89. The molecule has 2 aromatic carbocycles. The Labute approximate surface area is 134 Å². The van der Waals surface area contributed by atoms with Crippen molar-refractivity contribution in [3.05, 3.63) is 77.1 Å². The molecule has 0 aliphatic carbocycles. The Morgan fingerprint density at radius 2 is 1.74 bits per heavy atom. The van der Waals surface area contributed by atoms with E-state index in [-0.39, 0.29) is 0 Å². The zero-order valence-electron chi connectivity index (χ0n) is 12.7. The Morgan fingerprint density at radius 3 is 2.39 bits per heavy atom. The van der Waals surface area contributed by atoms with Gasteiger partial charge in [-0.3, -0.25) is 20.4 Å². The van der Waals surface area contributed by atoms with E-state index in [2.05, 4.69) is 10.9 Å². The molecule has 0 bridgehead atoms. The molecule has 0 heterocycles. The van der Waals surface area contributed by atoms with Crippen LogP contribution in [0.15, 0.2) is 54.6 Å². The number of nitrogens with one attached hydrogen (secondary N) is 2. The minimum Gasteiger partial charge on any atom is -0.268 e. The molecule has 0 radical (unpaired) electrons. The third-order valence-electron chi connectivity index (χ3n) is 3.24. The molecule has 0 saturated heterocycles. The molecular weight excluding hydrogens is 295 g/mol. The molecule has 0 aliphatic rings. The summed E-state index contributed by atoms with van der Waals surface area (Å²) in [6.45, 7) is 2.03. The summed E-state index contributed by atoms with van der Waals surface area (Å²) >= 11 is 0. The van der Waals surface area contributed by atoms with Crippen LogP contribution in [-0.4, -0.2) is 11.8 Å². The number of rotatable bonds is 4. The van der Waals surface area contributed by atoms with E-state index >= 15 is 0 Å². The highest BCUT2D eigenvalue weighted by Crippen LogP contribution is 2.08. The van der Waals surface area contributed by atoms with Crippen LogP contribution >= 0.6 is 0 Å². The van der Waals surface area contributed by atoms with Gasteiger partial charge in [0.25, 0.3) is 11.8 Å². The second-order valence-corrected chi connectivity index (χ2v) is 4.85. The van der Waals surface area contributed by atoms with Crippen molar-refractivity contribution in [2.45, 2.75) is 13.3 Å². The maximum absolute atomic E-state index is 13.4. The fourth-order valence-corrected chi connectivity index (χ4v) is 1.90. The number of carbonyl (C=O) groups is 2. The van der Waals surface area contributed by atoms with Crippen molar-refractivity contribution in [2.75, 3.05) is 0 Å². The molecule has 2 amide bonds. The van der Waals surface area contributed by atoms with Gasteiger partial charge in [0.2, 0.25) is 0 Å². The van der Waals surface area contributed by atoms with Crippen molar-refractivity contribution >= 4 is 17.9 Å². The molecular formula is C18H17FN2O2. The van der Waals surface area contributed by atoms with Crippen LogP contribution in [0.4, 0.5) is 4.39 Å². The molecule has 5 heteroatoms. The van der Waals surface area contributed by atoms with E-state index in [0.717, 1.165) is 18.1 Å². The van der Waals surface area contributed by atoms with Gasteiger partial charge < -0.3 is 0 Å². The molecule has 118 valence electrons. The maximum Gasteiger partial charge on any atom is 0.269 e. The van der Waals surface area contributed by atoms with Crippen molar-refractivity contribution in [3.63, 3.8) is 0 Å². The van der Waals surface area contributed by atoms with Crippen molar-refractivity contribution in [1.82, 2.24) is 10.9 Å². The van der Waals surface area contributed by atoms with Gasteiger partial charge in [-0.1, -0.05) is 37.3 Å². The molecule has 0 spiro atoms. The zero-order valence-corrected chi connectivity index (χ0v) is 12.7. The molecule has 23 heavy (non-hydrogen) atoms. The lowest BCUT2D eigenvalue weighted by Crippen LogP contribution is -2.40. The fourth-order valence-electron chi connectivity index (χ4n) is 1.90. The van der Waals surface area contributed by atoms with E-state index < -0.39 is 17.6 Å². The predicted molar refractivity (Wildman–Crippen MR) is 86.9 cm³/mol. The molecule has 0 atom stereocenters. The number of hydrogen-bond donors (Lipinski definition) is 2. The number of hydrogen-bond acceptors (Lipinski definition) is 2. The van der Waals surface area contributed by atoms with E-state index in [1.165, 1.54) is 12.1 Å². The first-order valence-corrected chi connectivity index (χ1v) is 7.22. The number of amides is 2. The molecule has 2 aromatic rings. The monoisotopic (exact) mass is 312 g/mol. The summed E-state index contributed by atoms with van der Waals surface area (Å²) in [5.41, 5.74) is 6.42. The molecule has 0 saturated carbocycles. The van der Waals surface area contributed by atoms with Gasteiger partial charge in [-0.15, -0.1) is 0 Å². The summed E-state index contributed by atoms with van der Waals surface area (Å²) in [6.07, 6.45) is 3.38. The SMILES string of the molecule is CCc1ccc(C(=O)NNC(=O)/C=C/c2ccccc2F)cc1. The Hall–Kier alpha value is -2.95. The smallest absolute Gasteiger partial charge is 0.268 e. The number of aryl methyl sites for hydroxylation is 1. The molecule has 0 aromatic heterocycles. The van der Waals surface area contributed by atoms with Gasteiger partial charge >= 0.3 is 0 Å². The largest absolute Gasteiger partial charge is 0.269 e. The van der Waals surface area contributed by atoms with E-state index in [0.29, 0.717) is 11.1 Å². The van der Waals surface area contributed by atoms with Gasteiger partial charge in [0, 0.05) is 17.2 Å². The van der Waals surface area contributed by atoms with Crippen LogP contribution in [0.25, 0.3) is 6.08 Å². The molecule has 2 N–H and O–H groups in total. The van der Waals surface area contributed by atoms with Crippen molar-refractivity contribution in [2.24, 2.45) is 0 Å². The number of benzene rings is 2. The summed E-state index contributed by atoms with van der Waals surface area (Å²) < 4.78 is 13.4. The first-order valence-electron chi connectivity index (χ1n) is 7.22. The number of carbonyl (C=O) groups excluding carboxylic acids is 2. The number of halogens is 1. The van der Waals surface area contributed by atoms with Crippen LogP contribution in [0.1, 0.15) is 28.4 Å². The van der Waals surface area contributed by atoms with Crippen molar-refractivity contribution in [3.8, 4) is 0 Å². The average molecular weight is 312 g/mol. The zero-order chi connectivity index (χ0) is 16.7. The van der Waals surface area contributed by atoms with E-state index in [9.17, 15) is 14.0 Å². The Kier molecular flexibility index (Phi) is 5.63. The standard InChI is InChI=1S/C18H17FN2O2/c1-2-13-7-9-15(10-8-13)18(23)21-20-17(22)12-11-14-5-3-4-6-16(14)19/h3-12H,2H2,1H3,(H,20,22)(H,21,23)/b12-11+. The fraction of sp³-hybridized carbons (Fsp3) is 0.111. The third kappa shape index (κ3) is 4.78. The van der Waals surface area contributed by atoms with Crippen LogP contribution in [0.5, 0.6) is 0 Å². The lowest BCUT2D eigenvalue weighted by molar-refractivity contribution is -0.117. The van der Waals surface area contributed by atoms with Gasteiger partial charge in [0.05, 0.1) is 0 Å². The van der Waals surface area contributed by atoms with E-state index in [4.69, 9.17) is 0 Å². The lowest BCUT2D eigenvalue weighted by atomic mass is 10.1. The first kappa shape index (κ1) is 16.4. The van der Waals surface area contributed by atoms with Crippen molar-refractivity contribution < 1.29 is 14.0 Å². The summed E-state index contributed by atoms with van der Waals surface area (Å²) in [6, 6.07) is 13.2. The Balaban J connectivity index is 1.88. The van der Waals surface area contributed by atoms with Gasteiger partial charge in [-0.25, -0.2) is 4.39 Å². The van der Waals surface area contributed by atoms with Crippen LogP contribution in [-0.2, 0) is 11.2 Å². The molecule has 0 unspecified atom stereocenters. The van der Waals surface area contributed by atoms with Crippen LogP contribution in [0.2, 0.25) is 0 Å². The van der Waals surface area contributed by atoms with Crippen LogP contribution in [0, 0.1) is 5.82 Å². The Morgan fingerprint density at radius 1 is 1.04 bits per heavy atom. The minimum atomic E-state index is -0.549. The van der Waals surface area contributed by atoms with Crippen LogP contribution in [0.3, 0.4) is 0 Å². The summed E-state index contributed by atoms with van der Waals surface area (Å²) in [5, 5.41) is 0. The lowest BCUT2D eigenvalue weighted by Gasteiger charge is -2.06. The second-order valence-electron chi connectivity index (χ2n) is 4.85. The predicted octanol–water partition coefficient (Wildman–Crippen LogP) is 2.86. The summed E-state index contributed by atoms with van der Waals surface area (Å²) in [7, 11) is 0. The first-order chi connectivity index (χ1) is 11.1.